The van der Waals surface area contributed by atoms with Crippen molar-refractivity contribution in [2.24, 2.45) is 0 Å². The molecule has 0 unspecified atom stereocenters. The molecular weight excluding hydrogens is 1080 g/mol. The fourth-order valence-electron chi connectivity index (χ4n) is 9.42. The zero-order valence-corrected chi connectivity index (χ0v) is 47.8. The van der Waals surface area contributed by atoms with Crippen LogP contribution < -0.4 is 0 Å². The summed E-state index contributed by atoms with van der Waals surface area (Å²) in [6.45, 7) is 12.9. The average molecular weight is 1120 g/mol. The number of hydrogen-bond acceptors (Lipinski definition) is 16. The van der Waals surface area contributed by atoms with Crippen LogP contribution in [0.5, 0.6) is 0 Å². The SMILES string of the molecule is Cc1c2nc(-c3ccccc3)sc2c(C)c2sc(-c3ccccc3)nc12.Cc1c2nc(-c3ccccn3)sc2c(C)c2nc(-c3ccccn3)sc12.Cc1c2nc(-c3ccccn3)sc2c(C)c2sc(-c3ccccn3)nc12. The van der Waals surface area contributed by atoms with Crippen LogP contribution in [0, 0.1) is 41.5 Å². The lowest BCUT2D eigenvalue weighted by atomic mass is 10.1. The van der Waals surface area contributed by atoms with Gasteiger partial charge in [-0.1, -0.05) is 84.9 Å². The van der Waals surface area contributed by atoms with Gasteiger partial charge >= 0.3 is 0 Å². The van der Waals surface area contributed by atoms with Gasteiger partial charge in [0.25, 0.3) is 0 Å². The number of fused-ring (bicyclic) bond motifs is 6. The summed E-state index contributed by atoms with van der Waals surface area (Å²) in [5, 5.41) is 5.97. The summed E-state index contributed by atoms with van der Waals surface area (Å²) >= 11 is 10.3. The Morgan fingerprint density at radius 2 is 0.462 bits per heavy atom. The Morgan fingerprint density at radius 1 is 0.231 bits per heavy atom. The second-order valence-electron chi connectivity index (χ2n) is 18.5. The van der Waals surface area contributed by atoms with E-state index in [0.717, 1.165) is 91.5 Å². The maximum absolute atomic E-state index is 4.96. The van der Waals surface area contributed by atoms with Crippen LogP contribution in [0.25, 0.3) is 125 Å². The molecule has 0 fully saturated rings. The Kier molecular flexibility index (Phi) is 13.2. The van der Waals surface area contributed by atoms with Crippen LogP contribution in [-0.4, -0.2) is 49.8 Å². The van der Waals surface area contributed by atoms with Crippen molar-refractivity contribution in [3.05, 3.63) is 192 Å². The van der Waals surface area contributed by atoms with Gasteiger partial charge < -0.3 is 0 Å². The number of pyridine rings is 4. The predicted octanol–water partition coefficient (Wildman–Crippen LogP) is 18.2. The lowest BCUT2D eigenvalue weighted by Gasteiger charge is -2.00. The van der Waals surface area contributed by atoms with E-state index >= 15 is 0 Å². The molecule has 16 heteroatoms. The van der Waals surface area contributed by atoms with Crippen molar-refractivity contribution in [2.75, 3.05) is 0 Å². The molecule has 0 aliphatic carbocycles. The molecule has 378 valence electrons. The largest absolute Gasteiger partial charge is 0.254 e. The Balaban J connectivity index is 0.000000111. The summed E-state index contributed by atoms with van der Waals surface area (Å²) in [4.78, 5) is 47.2. The summed E-state index contributed by atoms with van der Waals surface area (Å²) in [7, 11) is 0. The standard InChI is InChI=1S/C22H16N2S2.2C20H14N4S2/c1-13-17-19(25-21(23-17)15-9-5-3-6-10-15)14(2)20-18(13)24-22(26-20)16-11-7-4-8-12-16;1-11-15-18(26-19(23-15)13-7-3-5-9-21-13)12(2)16-17(11)25-20(24-16)14-8-4-6-10-22-14;1-11-15-17(25-19(23-15)13-7-3-5-9-21-13)12(2)18-16(11)24-20(26-18)14-8-4-6-10-22-14/h3-12H,1-2H3;2*3-10H,1-2H3. The highest BCUT2D eigenvalue weighted by atomic mass is 32.1. The van der Waals surface area contributed by atoms with Crippen molar-refractivity contribution >= 4 is 129 Å². The minimum Gasteiger partial charge on any atom is -0.254 e. The molecule has 0 atom stereocenters. The van der Waals surface area contributed by atoms with Gasteiger partial charge in [-0.15, -0.1) is 68.0 Å². The second-order valence-corrected chi connectivity index (χ2v) is 24.5. The molecule has 0 amide bonds. The summed E-state index contributed by atoms with van der Waals surface area (Å²) in [5.74, 6) is 0. The number of aryl methyl sites for hydroxylation is 6. The average Bonchev–Trinajstić information content (AvgIpc) is 4.54. The third-order valence-corrected chi connectivity index (χ3v) is 20.8. The van der Waals surface area contributed by atoms with Gasteiger partial charge in [0.2, 0.25) is 0 Å². The highest BCUT2D eigenvalue weighted by Gasteiger charge is 2.22. The van der Waals surface area contributed by atoms with Crippen LogP contribution >= 0.6 is 68.0 Å². The van der Waals surface area contributed by atoms with Gasteiger partial charge in [0, 0.05) is 47.0 Å². The highest BCUT2D eigenvalue weighted by molar-refractivity contribution is 7.25. The van der Waals surface area contributed by atoms with Crippen molar-refractivity contribution < 1.29 is 0 Å². The molecular formula is C62H44N10S6. The van der Waals surface area contributed by atoms with Crippen molar-refractivity contribution in [3.63, 3.8) is 0 Å². The molecule has 0 N–H and O–H groups in total. The van der Waals surface area contributed by atoms with Gasteiger partial charge in [0.15, 0.2) is 0 Å². The van der Waals surface area contributed by atoms with E-state index in [1.165, 1.54) is 67.1 Å². The Morgan fingerprint density at radius 3 is 0.731 bits per heavy atom. The summed E-state index contributed by atoms with van der Waals surface area (Å²) < 4.78 is 7.36. The maximum Gasteiger partial charge on any atom is 0.143 e. The van der Waals surface area contributed by atoms with Crippen molar-refractivity contribution in [1.29, 1.82) is 0 Å². The van der Waals surface area contributed by atoms with Crippen molar-refractivity contribution in [2.45, 2.75) is 41.5 Å². The van der Waals surface area contributed by atoms with Crippen LogP contribution in [0.2, 0.25) is 0 Å². The molecule has 10 heterocycles. The van der Waals surface area contributed by atoms with Crippen molar-refractivity contribution in [1.82, 2.24) is 49.8 Å². The molecule has 15 aromatic rings. The van der Waals surface area contributed by atoms with E-state index < -0.39 is 0 Å². The van der Waals surface area contributed by atoms with Gasteiger partial charge in [0.1, 0.15) is 30.0 Å². The van der Waals surface area contributed by atoms with Gasteiger partial charge in [-0.05, 0) is 112 Å². The molecule has 0 spiro atoms. The van der Waals surface area contributed by atoms with E-state index in [9.17, 15) is 0 Å². The molecule has 0 saturated heterocycles. The summed E-state index contributed by atoms with van der Waals surface area (Å²) in [5.41, 5.74) is 19.5. The number of thiazole rings is 6. The Labute approximate surface area is 472 Å². The monoisotopic (exact) mass is 1120 g/mol. The van der Waals surface area contributed by atoms with E-state index in [-0.39, 0.29) is 0 Å². The van der Waals surface area contributed by atoms with Gasteiger partial charge in [-0.2, -0.15) is 0 Å². The number of benzene rings is 5. The first-order valence-electron chi connectivity index (χ1n) is 25.0. The quantitative estimate of drug-likeness (QED) is 0.159. The van der Waals surface area contributed by atoms with Crippen molar-refractivity contribution in [3.8, 4) is 63.9 Å². The molecule has 10 nitrogen and oxygen atoms in total. The first kappa shape index (κ1) is 49.6. The number of rotatable bonds is 6. The van der Waals surface area contributed by atoms with E-state index in [1.807, 2.05) is 84.9 Å². The Hall–Kier alpha value is -7.96. The smallest absolute Gasteiger partial charge is 0.143 e. The molecule has 15 rings (SSSR count). The molecule has 0 radical (unpaired) electrons. The predicted molar refractivity (Wildman–Crippen MR) is 331 cm³/mol. The fraction of sp³-hybridized carbons (Fsp3) is 0.0968. The van der Waals surface area contributed by atoms with Crippen LogP contribution in [0.3, 0.4) is 0 Å². The van der Waals surface area contributed by atoms with E-state index in [2.05, 4.69) is 110 Å². The number of nitrogens with zero attached hydrogens (tertiary/aromatic N) is 10. The zero-order chi connectivity index (χ0) is 53.0. The molecule has 0 aliphatic rings. The van der Waals surface area contributed by atoms with Crippen LogP contribution in [0.4, 0.5) is 0 Å². The number of aromatic nitrogens is 10. The lowest BCUT2D eigenvalue weighted by molar-refractivity contribution is 1.29. The minimum absolute atomic E-state index is 0.915. The molecule has 5 aromatic carbocycles. The molecule has 78 heavy (non-hydrogen) atoms. The van der Waals surface area contributed by atoms with Crippen LogP contribution in [0.1, 0.15) is 33.4 Å². The van der Waals surface area contributed by atoms with Crippen LogP contribution in [0.15, 0.2) is 158 Å². The molecule has 0 saturated carbocycles. The van der Waals surface area contributed by atoms with Gasteiger partial charge in [-0.3, -0.25) is 19.9 Å². The lowest BCUT2D eigenvalue weighted by Crippen LogP contribution is -1.85. The number of hydrogen-bond donors (Lipinski definition) is 0. The second kappa shape index (κ2) is 20.8. The highest BCUT2D eigenvalue weighted by Crippen LogP contribution is 2.45. The summed E-state index contributed by atoms with van der Waals surface area (Å²) in [6, 6.07) is 44.5. The van der Waals surface area contributed by atoms with Gasteiger partial charge in [-0.25, -0.2) is 29.9 Å². The van der Waals surface area contributed by atoms with Gasteiger partial charge in [0.05, 0.1) is 84.1 Å². The Bertz CT molecular complexity index is 3740. The first-order chi connectivity index (χ1) is 38.2. The third kappa shape index (κ3) is 9.03. The molecule has 10 aromatic heterocycles. The summed E-state index contributed by atoms with van der Waals surface area (Å²) in [6.07, 6.45) is 7.22. The van der Waals surface area contributed by atoms with E-state index in [0.29, 0.717) is 0 Å². The molecule has 0 bridgehead atoms. The molecule has 0 aliphatic heterocycles. The fourth-order valence-corrected chi connectivity index (χ4v) is 16.2. The van der Waals surface area contributed by atoms with E-state index in [4.69, 9.17) is 29.9 Å². The zero-order valence-electron chi connectivity index (χ0n) is 42.9. The van der Waals surface area contributed by atoms with E-state index in [1.54, 1.807) is 92.8 Å². The maximum atomic E-state index is 4.96. The minimum atomic E-state index is 0.915. The third-order valence-electron chi connectivity index (χ3n) is 13.5. The topological polar surface area (TPSA) is 129 Å². The first-order valence-corrected chi connectivity index (χ1v) is 29.9. The normalized spacial score (nSPS) is 11.5. The van der Waals surface area contributed by atoms with Crippen LogP contribution in [-0.2, 0) is 0 Å².